The fourth-order valence-electron chi connectivity index (χ4n) is 1.94. The normalized spacial score (nSPS) is 19.6. The number of guanidine groups is 1. The highest BCUT2D eigenvalue weighted by Gasteiger charge is 2.26. The Hall–Kier alpha value is -2.17. The maximum Gasteiger partial charge on any atom is 0.193 e. The smallest absolute Gasteiger partial charge is 0.193 e. The number of pyridine rings is 1. The third-order valence-electron chi connectivity index (χ3n) is 2.64. The van der Waals surface area contributed by atoms with Crippen LogP contribution in [0.5, 0.6) is 0 Å². The maximum atomic E-state index is 11.7. The summed E-state index contributed by atoms with van der Waals surface area (Å²) in [5, 5.41) is 2.88. The molecular weight excluding hydrogens is 216 g/mol. The van der Waals surface area contributed by atoms with Crippen molar-refractivity contribution in [3.63, 3.8) is 0 Å². The summed E-state index contributed by atoms with van der Waals surface area (Å²) >= 11 is 0. The summed E-state index contributed by atoms with van der Waals surface area (Å²) in [5.41, 5.74) is 7.93. The van der Waals surface area contributed by atoms with E-state index in [-0.39, 0.29) is 11.8 Å². The lowest BCUT2D eigenvalue weighted by atomic mass is 9.95. The molecule has 17 heavy (non-hydrogen) atoms. The molecule has 88 valence electrons. The molecule has 1 aromatic rings. The monoisotopic (exact) mass is 230 g/mol. The molecule has 0 bridgehead atoms. The summed E-state index contributed by atoms with van der Waals surface area (Å²) < 4.78 is 0. The van der Waals surface area contributed by atoms with E-state index in [4.69, 9.17) is 5.73 Å². The van der Waals surface area contributed by atoms with E-state index in [2.05, 4.69) is 15.3 Å². The molecule has 0 aliphatic carbocycles. The minimum absolute atomic E-state index is 0.0138. The predicted molar refractivity (Wildman–Crippen MR) is 65.1 cm³/mol. The third kappa shape index (κ3) is 2.18. The molecule has 2 heterocycles. The fraction of sp³-hybridized carbons (Fsp3) is 0.250. The number of Topliss-reactive ketones (excluding diaryl/α,β-unsaturated/α-hetero) is 1. The molecule has 2 rings (SSSR count). The zero-order valence-electron chi connectivity index (χ0n) is 9.77. The number of nitrogens with two attached hydrogens (primary N) is 1. The summed E-state index contributed by atoms with van der Waals surface area (Å²) in [7, 11) is 0. The Balaban J connectivity index is 2.49. The molecule has 3 N–H and O–H groups in total. The molecule has 1 aromatic heterocycles. The van der Waals surface area contributed by atoms with E-state index in [1.807, 2.05) is 19.1 Å². The summed E-state index contributed by atoms with van der Waals surface area (Å²) in [4.78, 5) is 20.0. The molecule has 0 spiro atoms. The van der Waals surface area contributed by atoms with Crippen LogP contribution >= 0.6 is 0 Å². The number of aromatic nitrogens is 1. The Labute approximate surface area is 99.5 Å². The summed E-state index contributed by atoms with van der Waals surface area (Å²) in [6.45, 7) is 3.35. The SMILES string of the molecule is CC(=O)C1=C(C)NC(N)=NC1c1cccnc1. The predicted octanol–water partition coefficient (Wildman–Crippen LogP) is 0.904. The van der Waals surface area contributed by atoms with Gasteiger partial charge < -0.3 is 11.1 Å². The summed E-state index contributed by atoms with van der Waals surface area (Å²) in [5.74, 6) is 0.307. The van der Waals surface area contributed by atoms with Crippen LogP contribution < -0.4 is 11.1 Å². The molecule has 0 saturated heterocycles. The fourth-order valence-corrected chi connectivity index (χ4v) is 1.94. The number of rotatable bonds is 2. The quantitative estimate of drug-likeness (QED) is 0.791. The second-order valence-electron chi connectivity index (χ2n) is 3.92. The van der Waals surface area contributed by atoms with Crippen LogP contribution in [0.2, 0.25) is 0 Å². The Morgan fingerprint density at radius 3 is 2.88 bits per heavy atom. The first-order valence-corrected chi connectivity index (χ1v) is 5.31. The van der Waals surface area contributed by atoms with E-state index in [9.17, 15) is 4.79 Å². The van der Waals surface area contributed by atoms with E-state index >= 15 is 0 Å². The van der Waals surface area contributed by atoms with Crippen LogP contribution in [-0.2, 0) is 4.79 Å². The van der Waals surface area contributed by atoms with Gasteiger partial charge in [-0.1, -0.05) is 6.07 Å². The summed E-state index contributed by atoms with van der Waals surface area (Å²) in [6.07, 6.45) is 3.38. The first-order valence-electron chi connectivity index (χ1n) is 5.31. The van der Waals surface area contributed by atoms with E-state index in [0.29, 0.717) is 11.5 Å². The van der Waals surface area contributed by atoms with Crippen molar-refractivity contribution >= 4 is 11.7 Å². The van der Waals surface area contributed by atoms with Gasteiger partial charge in [0.05, 0.1) is 0 Å². The zero-order valence-corrected chi connectivity index (χ0v) is 9.77. The largest absolute Gasteiger partial charge is 0.370 e. The van der Waals surface area contributed by atoms with Crippen molar-refractivity contribution in [2.75, 3.05) is 0 Å². The van der Waals surface area contributed by atoms with Crippen LogP contribution in [0.25, 0.3) is 0 Å². The van der Waals surface area contributed by atoms with Crippen molar-refractivity contribution in [3.05, 3.63) is 41.4 Å². The van der Waals surface area contributed by atoms with Crippen LogP contribution in [0.4, 0.5) is 0 Å². The second kappa shape index (κ2) is 4.37. The standard InChI is InChI=1S/C12H14N4O/c1-7-10(8(2)17)11(16-12(13)15-7)9-4-3-5-14-6-9/h3-6,11H,1-2H3,(H3,13,15,16). The van der Waals surface area contributed by atoms with Gasteiger partial charge in [0.15, 0.2) is 11.7 Å². The lowest BCUT2D eigenvalue weighted by Gasteiger charge is -2.23. The molecular formula is C12H14N4O. The number of carbonyl (C=O) groups excluding carboxylic acids is 1. The minimum atomic E-state index is -0.359. The Morgan fingerprint density at radius 2 is 2.29 bits per heavy atom. The minimum Gasteiger partial charge on any atom is -0.370 e. The molecule has 0 radical (unpaired) electrons. The van der Waals surface area contributed by atoms with Gasteiger partial charge in [-0.3, -0.25) is 9.78 Å². The van der Waals surface area contributed by atoms with Crippen LogP contribution in [-0.4, -0.2) is 16.7 Å². The van der Waals surface area contributed by atoms with Crippen LogP contribution in [0.1, 0.15) is 25.5 Å². The van der Waals surface area contributed by atoms with Crippen LogP contribution in [0, 0.1) is 0 Å². The number of hydrogen-bond acceptors (Lipinski definition) is 5. The number of ketones is 1. The van der Waals surface area contributed by atoms with Crippen LogP contribution in [0.15, 0.2) is 40.8 Å². The van der Waals surface area contributed by atoms with E-state index in [0.717, 1.165) is 11.3 Å². The Morgan fingerprint density at radius 1 is 1.53 bits per heavy atom. The highest BCUT2D eigenvalue weighted by molar-refractivity contribution is 5.98. The van der Waals surface area contributed by atoms with Gasteiger partial charge in [0.2, 0.25) is 0 Å². The first-order chi connectivity index (χ1) is 8.09. The average Bonchev–Trinajstić information content (AvgIpc) is 2.28. The van der Waals surface area contributed by atoms with Crippen molar-refractivity contribution in [1.29, 1.82) is 0 Å². The number of aliphatic imine (C=N–C) groups is 1. The molecule has 5 nitrogen and oxygen atoms in total. The second-order valence-corrected chi connectivity index (χ2v) is 3.92. The molecule has 0 aromatic carbocycles. The van der Waals surface area contributed by atoms with Crippen molar-refractivity contribution in [2.45, 2.75) is 19.9 Å². The third-order valence-corrected chi connectivity index (χ3v) is 2.64. The van der Waals surface area contributed by atoms with E-state index in [1.165, 1.54) is 6.92 Å². The Kier molecular flexibility index (Phi) is 2.91. The Bertz CT molecular complexity index is 504. The van der Waals surface area contributed by atoms with Gasteiger partial charge in [0.1, 0.15) is 6.04 Å². The van der Waals surface area contributed by atoms with Crippen molar-refractivity contribution in [1.82, 2.24) is 10.3 Å². The molecule has 0 saturated carbocycles. The number of carbonyl (C=O) groups is 1. The molecule has 1 unspecified atom stereocenters. The molecule has 0 fully saturated rings. The summed E-state index contributed by atoms with van der Waals surface area (Å²) in [6, 6.07) is 3.34. The first kappa shape index (κ1) is 11.3. The molecule has 1 aliphatic heterocycles. The number of nitrogens with one attached hydrogen (secondary N) is 1. The highest BCUT2D eigenvalue weighted by Crippen LogP contribution is 2.29. The average molecular weight is 230 g/mol. The van der Waals surface area contributed by atoms with Crippen molar-refractivity contribution in [2.24, 2.45) is 10.7 Å². The molecule has 1 atom stereocenters. The van der Waals surface area contributed by atoms with Gasteiger partial charge in [0, 0.05) is 23.7 Å². The number of allylic oxidation sites excluding steroid dienone is 1. The van der Waals surface area contributed by atoms with Crippen molar-refractivity contribution < 1.29 is 4.79 Å². The lowest BCUT2D eigenvalue weighted by Crippen LogP contribution is -2.36. The lowest BCUT2D eigenvalue weighted by molar-refractivity contribution is -0.113. The molecule has 1 aliphatic rings. The van der Waals surface area contributed by atoms with Gasteiger partial charge in [0.25, 0.3) is 0 Å². The van der Waals surface area contributed by atoms with Gasteiger partial charge in [-0.15, -0.1) is 0 Å². The topological polar surface area (TPSA) is 80.4 Å². The van der Waals surface area contributed by atoms with Gasteiger partial charge in [-0.2, -0.15) is 0 Å². The van der Waals surface area contributed by atoms with Gasteiger partial charge in [-0.25, -0.2) is 4.99 Å². The van der Waals surface area contributed by atoms with E-state index in [1.54, 1.807) is 12.4 Å². The highest BCUT2D eigenvalue weighted by atomic mass is 16.1. The number of hydrogen-bond donors (Lipinski definition) is 2. The number of nitrogens with zero attached hydrogens (tertiary/aromatic N) is 2. The molecule has 0 amide bonds. The van der Waals surface area contributed by atoms with Crippen LogP contribution in [0.3, 0.4) is 0 Å². The molecule has 5 heteroatoms. The van der Waals surface area contributed by atoms with Gasteiger partial charge >= 0.3 is 0 Å². The maximum absolute atomic E-state index is 11.7. The van der Waals surface area contributed by atoms with E-state index < -0.39 is 0 Å². The van der Waals surface area contributed by atoms with Crippen molar-refractivity contribution in [3.8, 4) is 0 Å². The zero-order chi connectivity index (χ0) is 12.4. The van der Waals surface area contributed by atoms with Gasteiger partial charge in [-0.05, 0) is 25.5 Å².